The number of phenols is 1. The molecule has 2 saturated heterocycles. The number of nitrogens with zero attached hydrogens (tertiary/aromatic N) is 1. The van der Waals surface area contributed by atoms with Gasteiger partial charge in [-0.1, -0.05) is 0 Å². The highest BCUT2D eigenvalue weighted by Gasteiger charge is 2.42. The number of hydrogen-bond donors (Lipinski definition) is 3. The summed E-state index contributed by atoms with van der Waals surface area (Å²) in [5, 5.41) is 26.3. The molecular formula is C13H15N3O4. The van der Waals surface area contributed by atoms with Gasteiger partial charge in [-0.2, -0.15) is 0 Å². The number of rotatable bonds is 3. The molecule has 1 aromatic rings. The molecule has 0 saturated carbocycles. The number of phenolic OH excluding ortho intramolecular Hbond substituents is 1. The van der Waals surface area contributed by atoms with Crippen LogP contribution < -0.4 is 10.6 Å². The Kier molecular flexibility index (Phi) is 3.06. The maximum Gasteiger partial charge on any atom is 0.273 e. The first kappa shape index (κ1) is 12.9. The maximum absolute atomic E-state index is 12.2. The van der Waals surface area contributed by atoms with Crippen LogP contribution in [0.3, 0.4) is 0 Å². The fourth-order valence-electron chi connectivity index (χ4n) is 3.08. The number of nitrogens with one attached hydrogen (secondary N) is 2. The van der Waals surface area contributed by atoms with Gasteiger partial charge in [-0.25, -0.2) is 0 Å². The van der Waals surface area contributed by atoms with Crippen molar-refractivity contribution >= 4 is 17.3 Å². The monoisotopic (exact) mass is 277 g/mol. The van der Waals surface area contributed by atoms with Crippen molar-refractivity contribution in [3.05, 3.63) is 28.3 Å². The van der Waals surface area contributed by atoms with Crippen molar-refractivity contribution in [2.45, 2.75) is 31.3 Å². The van der Waals surface area contributed by atoms with E-state index in [1.807, 2.05) is 0 Å². The van der Waals surface area contributed by atoms with E-state index in [0.29, 0.717) is 6.04 Å². The average molecular weight is 277 g/mol. The summed E-state index contributed by atoms with van der Waals surface area (Å²) < 4.78 is 0. The second kappa shape index (κ2) is 4.75. The summed E-state index contributed by atoms with van der Waals surface area (Å²) in [6, 6.07) is 4.27. The van der Waals surface area contributed by atoms with Gasteiger partial charge in [0.15, 0.2) is 0 Å². The number of carbonyl (C=O) groups excluding carboxylic acids is 1. The van der Waals surface area contributed by atoms with Crippen LogP contribution in [0.1, 0.15) is 19.3 Å². The molecule has 2 aliphatic rings. The molecule has 7 nitrogen and oxygen atoms in total. The molecule has 2 fully saturated rings. The molecule has 2 aliphatic heterocycles. The van der Waals surface area contributed by atoms with E-state index in [1.54, 1.807) is 0 Å². The summed E-state index contributed by atoms with van der Waals surface area (Å²) in [6.45, 7) is 0. The van der Waals surface area contributed by atoms with E-state index < -0.39 is 4.92 Å². The Bertz CT molecular complexity index is 575. The first-order valence-electron chi connectivity index (χ1n) is 6.59. The second-order valence-electron chi connectivity index (χ2n) is 5.34. The molecule has 3 atom stereocenters. The normalized spacial score (nSPS) is 27.5. The van der Waals surface area contributed by atoms with Crippen molar-refractivity contribution in [2.75, 3.05) is 5.32 Å². The van der Waals surface area contributed by atoms with E-state index in [-0.39, 0.29) is 35.0 Å². The number of amides is 1. The van der Waals surface area contributed by atoms with Gasteiger partial charge >= 0.3 is 0 Å². The molecule has 3 N–H and O–H groups in total. The van der Waals surface area contributed by atoms with E-state index >= 15 is 0 Å². The van der Waals surface area contributed by atoms with Crippen LogP contribution >= 0.6 is 0 Å². The molecular weight excluding hydrogens is 262 g/mol. The van der Waals surface area contributed by atoms with Crippen molar-refractivity contribution < 1.29 is 14.8 Å². The van der Waals surface area contributed by atoms with Crippen LogP contribution in [0.2, 0.25) is 0 Å². The highest BCUT2D eigenvalue weighted by molar-refractivity contribution is 5.94. The van der Waals surface area contributed by atoms with Crippen molar-refractivity contribution in [1.29, 1.82) is 0 Å². The molecule has 106 valence electrons. The number of anilines is 1. The molecule has 0 aromatic heterocycles. The van der Waals surface area contributed by atoms with E-state index in [1.165, 1.54) is 12.1 Å². The van der Waals surface area contributed by atoms with Gasteiger partial charge in [0.2, 0.25) is 5.91 Å². The predicted molar refractivity (Wildman–Crippen MR) is 71.4 cm³/mol. The van der Waals surface area contributed by atoms with Gasteiger partial charge in [-0.3, -0.25) is 14.9 Å². The lowest BCUT2D eigenvalue weighted by Crippen LogP contribution is -2.32. The Morgan fingerprint density at radius 1 is 1.45 bits per heavy atom. The van der Waals surface area contributed by atoms with Crippen LogP contribution in [0.5, 0.6) is 5.75 Å². The molecule has 3 rings (SSSR count). The van der Waals surface area contributed by atoms with Crippen molar-refractivity contribution in [3.8, 4) is 5.75 Å². The van der Waals surface area contributed by atoms with Crippen LogP contribution in [-0.4, -0.2) is 28.0 Å². The predicted octanol–water partition coefficient (Wildman–Crippen LogP) is 1.38. The van der Waals surface area contributed by atoms with Gasteiger partial charge in [0.25, 0.3) is 5.69 Å². The Balaban J connectivity index is 1.71. The number of nitro groups is 1. The van der Waals surface area contributed by atoms with Crippen molar-refractivity contribution in [1.82, 2.24) is 5.32 Å². The van der Waals surface area contributed by atoms with Gasteiger partial charge in [-0.05, 0) is 25.3 Å². The van der Waals surface area contributed by atoms with E-state index in [4.69, 9.17) is 0 Å². The first-order valence-corrected chi connectivity index (χ1v) is 6.59. The van der Waals surface area contributed by atoms with Crippen LogP contribution in [0.15, 0.2) is 18.2 Å². The summed E-state index contributed by atoms with van der Waals surface area (Å²) in [5.74, 6) is -0.527. The van der Waals surface area contributed by atoms with E-state index in [2.05, 4.69) is 10.6 Å². The molecule has 2 heterocycles. The third-order valence-corrected chi connectivity index (χ3v) is 4.09. The second-order valence-corrected chi connectivity index (χ2v) is 5.34. The van der Waals surface area contributed by atoms with Crippen molar-refractivity contribution in [3.63, 3.8) is 0 Å². The minimum Gasteiger partial charge on any atom is -0.506 e. The molecule has 1 amide bonds. The topological polar surface area (TPSA) is 104 Å². The summed E-state index contributed by atoms with van der Waals surface area (Å²) in [5.41, 5.74) is 0.00506. The van der Waals surface area contributed by atoms with Crippen LogP contribution in [-0.2, 0) is 4.79 Å². The standard InChI is InChI=1S/C13H15N3O4/c17-12-6-8(16(19)20)2-4-11(12)15-13(18)9-5-7-1-3-10(9)14-7/h2,4,6-7,9-10,14,17H,1,3,5H2,(H,15,18). The fraction of sp³-hybridized carbons (Fsp3) is 0.462. The Morgan fingerprint density at radius 3 is 2.80 bits per heavy atom. The van der Waals surface area contributed by atoms with E-state index in [9.17, 15) is 20.0 Å². The van der Waals surface area contributed by atoms with Crippen molar-refractivity contribution in [2.24, 2.45) is 5.92 Å². The zero-order valence-corrected chi connectivity index (χ0v) is 10.7. The summed E-state index contributed by atoms with van der Waals surface area (Å²) >= 11 is 0. The van der Waals surface area contributed by atoms with Gasteiger partial charge in [0, 0.05) is 18.2 Å². The van der Waals surface area contributed by atoms with E-state index in [0.717, 1.165) is 25.3 Å². The lowest BCUT2D eigenvalue weighted by atomic mass is 9.88. The Labute approximate surface area is 115 Å². The number of nitro benzene ring substituents is 1. The van der Waals surface area contributed by atoms with Gasteiger partial charge in [0.1, 0.15) is 5.75 Å². The number of carbonyl (C=O) groups is 1. The fourth-order valence-corrected chi connectivity index (χ4v) is 3.08. The number of hydrogen-bond acceptors (Lipinski definition) is 5. The lowest BCUT2D eigenvalue weighted by Gasteiger charge is -2.19. The summed E-state index contributed by atoms with van der Waals surface area (Å²) in [6.07, 6.45) is 2.91. The van der Waals surface area contributed by atoms with Crippen LogP contribution in [0, 0.1) is 16.0 Å². The molecule has 0 aliphatic carbocycles. The molecule has 0 radical (unpaired) electrons. The maximum atomic E-state index is 12.2. The molecule has 1 aromatic carbocycles. The van der Waals surface area contributed by atoms with Crippen LogP contribution in [0.25, 0.3) is 0 Å². The molecule has 0 spiro atoms. The Morgan fingerprint density at radius 2 is 2.25 bits per heavy atom. The van der Waals surface area contributed by atoms with Gasteiger partial charge in [0.05, 0.1) is 22.6 Å². The number of benzene rings is 1. The first-order chi connectivity index (χ1) is 9.54. The number of fused-ring (bicyclic) bond motifs is 2. The number of aromatic hydroxyl groups is 1. The average Bonchev–Trinajstić information content (AvgIpc) is 3.03. The van der Waals surface area contributed by atoms with Gasteiger partial charge < -0.3 is 15.7 Å². The third kappa shape index (κ3) is 2.20. The number of non-ortho nitro benzene ring substituents is 1. The lowest BCUT2D eigenvalue weighted by molar-refractivity contribution is -0.384. The SMILES string of the molecule is O=C(Nc1ccc([N+](=O)[O-])cc1O)C1CC2CCC1N2. The quantitative estimate of drug-likeness (QED) is 0.440. The molecule has 7 heteroatoms. The Hall–Kier alpha value is -2.15. The molecule has 2 bridgehead atoms. The zero-order chi connectivity index (χ0) is 14.3. The zero-order valence-electron chi connectivity index (χ0n) is 10.7. The summed E-state index contributed by atoms with van der Waals surface area (Å²) in [4.78, 5) is 22.2. The minimum atomic E-state index is -0.592. The minimum absolute atomic E-state index is 0.0941. The van der Waals surface area contributed by atoms with Crippen LogP contribution in [0.4, 0.5) is 11.4 Å². The van der Waals surface area contributed by atoms with Gasteiger partial charge in [-0.15, -0.1) is 0 Å². The molecule has 20 heavy (non-hydrogen) atoms. The largest absolute Gasteiger partial charge is 0.506 e. The highest BCUT2D eigenvalue weighted by atomic mass is 16.6. The summed E-state index contributed by atoms with van der Waals surface area (Å²) in [7, 11) is 0. The third-order valence-electron chi connectivity index (χ3n) is 4.09. The smallest absolute Gasteiger partial charge is 0.273 e. The molecule has 3 unspecified atom stereocenters. The highest BCUT2D eigenvalue weighted by Crippen LogP contribution is 2.35.